The van der Waals surface area contributed by atoms with Crippen LogP contribution in [0.25, 0.3) is 10.2 Å². The summed E-state index contributed by atoms with van der Waals surface area (Å²) in [5.74, 6) is -0.277. The standard InChI is InChI=1S/C25H27N3O4S3/c1-4-11-28-17-7-5-6-8-18(17)35-25(28)27-21(30)14-33-13-20(29)26-23-22(24(31)32-3)16-10-9-15(2)12-19(16)34-23/h4-8,15H,1,9-14H2,2-3H3,(H,26,29). The number of anilines is 1. The van der Waals surface area contributed by atoms with E-state index >= 15 is 0 Å². The molecule has 0 saturated heterocycles. The summed E-state index contributed by atoms with van der Waals surface area (Å²) in [4.78, 5) is 43.6. The van der Waals surface area contributed by atoms with Crippen LogP contribution in [0.3, 0.4) is 0 Å². The lowest BCUT2D eigenvalue weighted by Gasteiger charge is -2.18. The number of rotatable bonds is 8. The summed E-state index contributed by atoms with van der Waals surface area (Å²) in [5, 5.41) is 3.40. The Bertz CT molecular complexity index is 1350. The first-order valence-electron chi connectivity index (χ1n) is 11.3. The molecule has 0 aliphatic heterocycles. The molecule has 3 aromatic rings. The third-order valence-electron chi connectivity index (χ3n) is 5.73. The number of carbonyl (C=O) groups excluding carboxylic acids is 3. The molecule has 1 atom stereocenters. The Labute approximate surface area is 215 Å². The van der Waals surface area contributed by atoms with Gasteiger partial charge in [0.05, 0.1) is 34.4 Å². The molecule has 1 aromatic carbocycles. The summed E-state index contributed by atoms with van der Waals surface area (Å²) < 4.78 is 7.97. The minimum absolute atomic E-state index is 0.0814. The van der Waals surface area contributed by atoms with Crippen molar-refractivity contribution in [3.05, 3.63) is 57.7 Å². The van der Waals surface area contributed by atoms with Crippen molar-refractivity contribution in [3.63, 3.8) is 0 Å². The number of aromatic nitrogens is 1. The second-order valence-corrected chi connectivity index (χ2v) is 11.4. The first kappa shape index (κ1) is 25.4. The van der Waals surface area contributed by atoms with E-state index in [0.29, 0.717) is 27.8 Å². The smallest absolute Gasteiger partial charge is 0.341 e. The van der Waals surface area contributed by atoms with E-state index in [1.807, 2.05) is 28.8 Å². The van der Waals surface area contributed by atoms with Gasteiger partial charge in [0.15, 0.2) is 4.80 Å². The number of thiazole rings is 1. The number of hydrogen-bond donors (Lipinski definition) is 1. The molecule has 2 aromatic heterocycles. The molecule has 35 heavy (non-hydrogen) atoms. The Morgan fingerprint density at radius 2 is 2.09 bits per heavy atom. The Hall–Kier alpha value is -2.69. The SMILES string of the molecule is C=CCn1c(=NC(=O)CSCC(=O)Nc2sc3c(c2C(=O)OC)CCC(C)C3)sc2ccccc21. The van der Waals surface area contributed by atoms with Crippen molar-refractivity contribution in [3.8, 4) is 0 Å². The van der Waals surface area contributed by atoms with Crippen LogP contribution in [0.4, 0.5) is 5.00 Å². The van der Waals surface area contributed by atoms with Gasteiger partial charge >= 0.3 is 5.97 Å². The van der Waals surface area contributed by atoms with Crippen molar-refractivity contribution in [2.45, 2.75) is 32.7 Å². The predicted molar refractivity (Wildman–Crippen MR) is 143 cm³/mol. The number of thiophene rings is 1. The minimum Gasteiger partial charge on any atom is -0.465 e. The van der Waals surface area contributed by atoms with E-state index in [2.05, 4.69) is 23.8 Å². The van der Waals surface area contributed by atoms with Gasteiger partial charge in [0, 0.05) is 11.4 Å². The molecule has 0 saturated carbocycles. The number of benzene rings is 1. The summed E-state index contributed by atoms with van der Waals surface area (Å²) in [6, 6.07) is 7.88. The highest BCUT2D eigenvalue weighted by atomic mass is 32.2. The number of methoxy groups -OCH3 is 1. The van der Waals surface area contributed by atoms with Gasteiger partial charge in [-0.2, -0.15) is 4.99 Å². The van der Waals surface area contributed by atoms with E-state index in [9.17, 15) is 14.4 Å². The van der Waals surface area contributed by atoms with Crippen LogP contribution >= 0.6 is 34.4 Å². The molecule has 184 valence electrons. The van der Waals surface area contributed by atoms with Crippen LogP contribution in [-0.2, 0) is 33.7 Å². The van der Waals surface area contributed by atoms with Crippen LogP contribution in [0.1, 0.15) is 34.1 Å². The molecule has 4 rings (SSSR count). The molecular weight excluding hydrogens is 502 g/mol. The van der Waals surface area contributed by atoms with Crippen LogP contribution in [0.5, 0.6) is 0 Å². The number of fused-ring (bicyclic) bond motifs is 2. The molecule has 0 radical (unpaired) electrons. The van der Waals surface area contributed by atoms with Crippen molar-refractivity contribution in [2.75, 3.05) is 23.9 Å². The number of allylic oxidation sites excluding steroid dienone is 1. The second kappa shape index (κ2) is 11.4. The van der Waals surface area contributed by atoms with Gasteiger partial charge in [-0.25, -0.2) is 4.79 Å². The highest BCUT2D eigenvalue weighted by molar-refractivity contribution is 8.00. The molecule has 2 heterocycles. The van der Waals surface area contributed by atoms with Crippen LogP contribution in [0, 0.1) is 5.92 Å². The Balaban J connectivity index is 1.40. The molecule has 1 N–H and O–H groups in total. The number of esters is 1. The molecule has 1 unspecified atom stereocenters. The fourth-order valence-electron chi connectivity index (χ4n) is 4.10. The van der Waals surface area contributed by atoms with E-state index in [-0.39, 0.29) is 23.3 Å². The van der Waals surface area contributed by atoms with Gasteiger partial charge in [-0.1, -0.05) is 36.5 Å². The second-order valence-electron chi connectivity index (χ2n) is 8.35. The maximum atomic E-state index is 12.6. The number of thioether (sulfide) groups is 1. The molecule has 0 bridgehead atoms. The average Bonchev–Trinajstić information content (AvgIpc) is 3.35. The molecular formula is C25H27N3O4S3. The first-order chi connectivity index (χ1) is 16.9. The quantitative estimate of drug-likeness (QED) is 0.339. The summed E-state index contributed by atoms with van der Waals surface area (Å²) >= 11 is 4.10. The molecule has 7 nitrogen and oxygen atoms in total. The molecule has 2 amide bonds. The predicted octanol–water partition coefficient (Wildman–Crippen LogP) is 4.66. The number of ether oxygens (including phenoxy) is 1. The van der Waals surface area contributed by atoms with E-state index in [1.54, 1.807) is 6.08 Å². The maximum Gasteiger partial charge on any atom is 0.341 e. The van der Waals surface area contributed by atoms with Crippen LogP contribution < -0.4 is 10.1 Å². The molecule has 10 heteroatoms. The number of nitrogens with one attached hydrogen (secondary N) is 1. The first-order valence-corrected chi connectivity index (χ1v) is 14.1. The van der Waals surface area contributed by atoms with Gasteiger partial charge in [0.2, 0.25) is 5.91 Å². The van der Waals surface area contributed by atoms with Gasteiger partial charge in [-0.15, -0.1) is 29.7 Å². The largest absolute Gasteiger partial charge is 0.465 e. The van der Waals surface area contributed by atoms with E-state index in [1.165, 1.54) is 41.5 Å². The molecule has 0 fully saturated rings. The maximum absolute atomic E-state index is 12.6. The topological polar surface area (TPSA) is 89.8 Å². The zero-order chi connectivity index (χ0) is 24.9. The number of nitrogens with zero attached hydrogens (tertiary/aromatic N) is 2. The summed E-state index contributed by atoms with van der Waals surface area (Å²) in [6.07, 6.45) is 4.48. The van der Waals surface area contributed by atoms with E-state index < -0.39 is 5.97 Å². The number of hydrogen-bond acceptors (Lipinski definition) is 7. The van der Waals surface area contributed by atoms with Crippen molar-refractivity contribution < 1.29 is 19.1 Å². The lowest BCUT2D eigenvalue weighted by Crippen LogP contribution is -2.19. The fourth-order valence-corrected chi connectivity index (χ4v) is 7.17. The Morgan fingerprint density at radius 1 is 1.29 bits per heavy atom. The molecule has 0 spiro atoms. The van der Waals surface area contributed by atoms with Crippen molar-refractivity contribution >= 4 is 67.4 Å². The highest BCUT2D eigenvalue weighted by Gasteiger charge is 2.28. The number of amides is 2. The third kappa shape index (κ3) is 5.76. The van der Waals surface area contributed by atoms with E-state index in [4.69, 9.17) is 4.74 Å². The van der Waals surface area contributed by atoms with Gasteiger partial charge in [0.1, 0.15) is 5.00 Å². The Morgan fingerprint density at radius 3 is 2.86 bits per heavy atom. The highest BCUT2D eigenvalue weighted by Crippen LogP contribution is 2.40. The van der Waals surface area contributed by atoms with Crippen molar-refractivity contribution in [2.24, 2.45) is 10.9 Å². The summed E-state index contributed by atoms with van der Waals surface area (Å²) in [7, 11) is 1.35. The van der Waals surface area contributed by atoms with E-state index in [0.717, 1.165) is 39.9 Å². The number of carbonyl (C=O) groups is 3. The fraction of sp³-hybridized carbons (Fsp3) is 0.360. The van der Waals surface area contributed by atoms with Crippen LogP contribution in [0.2, 0.25) is 0 Å². The average molecular weight is 530 g/mol. The normalized spacial score (nSPS) is 15.6. The summed E-state index contributed by atoms with van der Waals surface area (Å²) in [6.45, 7) is 6.54. The zero-order valence-corrected chi connectivity index (χ0v) is 22.1. The van der Waals surface area contributed by atoms with Gasteiger partial charge in [-0.05, 0) is 42.9 Å². The van der Waals surface area contributed by atoms with Crippen molar-refractivity contribution in [1.29, 1.82) is 0 Å². The summed E-state index contributed by atoms with van der Waals surface area (Å²) in [5.41, 5.74) is 2.47. The Kier molecular flexibility index (Phi) is 8.25. The van der Waals surface area contributed by atoms with Gasteiger partial charge in [-0.3, -0.25) is 9.59 Å². The lowest BCUT2D eigenvalue weighted by molar-refractivity contribution is -0.115. The minimum atomic E-state index is -0.426. The van der Waals surface area contributed by atoms with Gasteiger partial charge in [0.25, 0.3) is 5.91 Å². The third-order valence-corrected chi connectivity index (χ3v) is 8.88. The monoisotopic (exact) mass is 529 g/mol. The molecule has 1 aliphatic rings. The number of para-hydroxylation sites is 1. The van der Waals surface area contributed by atoms with Crippen LogP contribution in [0.15, 0.2) is 41.9 Å². The zero-order valence-electron chi connectivity index (χ0n) is 19.7. The molecule has 1 aliphatic carbocycles. The lowest BCUT2D eigenvalue weighted by atomic mass is 9.88. The van der Waals surface area contributed by atoms with Gasteiger partial charge < -0.3 is 14.6 Å². The van der Waals surface area contributed by atoms with Crippen molar-refractivity contribution in [1.82, 2.24) is 4.57 Å². The van der Waals surface area contributed by atoms with Crippen LogP contribution in [-0.4, -0.2) is 41.0 Å².